The average molecular weight is 453 g/mol. The quantitative estimate of drug-likeness (QED) is 0.710. The smallest absolute Gasteiger partial charge is 0.241 e. The predicted octanol–water partition coefficient (Wildman–Crippen LogP) is 3.14. The summed E-state index contributed by atoms with van der Waals surface area (Å²) in [5.41, 5.74) is -0.970. The summed E-state index contributed by atoms with van der Waals surface area (Å²) in [7, 11) is -7.00. The van der Waals surface area contributed by atoms with Crippen LogP contribution in [0.25, 0.3) is 16.1 Å². The molecule has 0 atom stereocenters. The first-order valence-corrected chi connectivity index (χ1v) is 12.5. The van der Waals surface area contributed by atoms with Crippen LogP contribution in [0.3, 0.4) is 0 Å². The Morgan fingerprint density at radius 2 is 1.93 bits per heavy atom. The van der Waals surface area contributed by atoms with Crippen LogP contribution in [0.15, 0.2) is 23.2 Å². The summed E-state index contributed by atoms with van der Waals surface area (Å²) in [6.07, 6.45) is -1.57. The minimum Gasteiger partial charge on any atom is -0.241 e. The van der Waals surface area contributed by atoms with E-state index in [1.807, 2.05) is 0 Å². The van der Waals surface area contributed by atoms with E-state index in [2.05, 4.69) is 9.97 Å². The van der Waals surface area contributed by atoms with Crippen molar-refractivity contribution in [2.45, 2.75) is 24.4 Å². The fourth-order valence-electron chi connectivity index (χ4n) is 2.74. The van der Waals surface area contributed by atoms with Gasteiger partial charge in [0.15, 0.2) is 19.7 Å². The van der Waals surface area contributed by atoms with E-state index in [4.69, 9.17) is 0 Å². The fourth-order valence-corrected chi connectivity index (χ4v) is 6.47. The first-order valence-electron chi connectivity index (χ1n) is 7.93. The molecule has 0 radical (unpaired) electrons. The van der Waals surface area contributed by atoms with Crippen molar-refractivity contribution >= 4 is 36.6 Å². The SMILES string of the molecule is Cc1ncc(C(F)(F)F)c(-c2cc(S(C)(=O)=O)c(C3=CCS(=O)(=O)CC3)s2)n1. The van der Waals surface area contributed by atoms with Crippen molar-refractivity contribution in [3.63, 3.8) is 0 Å². The van der Waals surface area contributed by atoms with E-state index in [1.54, 1.807) is 0 Å². The monoisotopic (exact) mass is 452 g/mol. The topological polar surface area (TPSA) is 94.1 Å². The van der Waals surface area contributed by atoms with E-state index in [0.717, 1.165) is 23.7 Å². The van der Waals surface area contributed by atoms with Crippen molar-refractivity contribution in [1.82, 2.24) is 9.97 Å². The largest absolute Gasteiger partial charge is 0.420 e. The molecule has 0 amide bonds. The third kappa shape index (κ3) is 4.28. The van der Waals surface area contributed by atoms with Crippen molar-refractivity contribution in [2.75, 3.05) is 17.8 Å². The van der Waals surface area contributed by atoms with Crippen molar-refractivity contribution in [1.29, 1.82) is 0 Å². The Kier molecular flexibility index (Phi) is 5.17. The fraction of sp³-hybridized carbons (Fsp3) is 0.375. The molecule has 0 saturated carbocycles. The number of thiophene rings is 1. The normalized spacial score (nSPS) is 17.4. The molecule has 28 heavy (non-hydrogen) atoms. The molecule has 152 valence electrons. The number of hydrogen-bond acceptors (Lipinski definition) is 7. The first-order chi connectivity index (χ1) is 12.8. The number of rotatable bonds is 3. The zero-order valence-corrected chi connectivity index (χ0v) is 17.2. The lowest BCUT2D eigenvalue weighted by Crippen LogP contribution is -2.15. The van der Waals surface area contributed by atoms with Gasteiger partial charge in [-0.25, -0.2) is 26.8 Å². The van der Waals surface area contributed by atoms with Crippen LogP contribution >= 0.6 is 11.3 Å². The van der Waals surface area contributed by atoms with Crippen LogP contribution < -0.4 is 0 Å². The third-order valence-corrected chi connectivity index (χ3v) is 8.07. The lowest BCUT2D eigenvalue weighted by atomic mass is 10.1. The van der Waals surface area contributed by atoms with E-state index in [0.29, 0.717) is 11.8 Å². The first kappa shape index (κ1) is 20.9. The van der Waals surface area contributed by atoms with Crippen molar-refractivity contribution < 1.29 is 30.0 Å². The van der Waals surface area contributed by atoms with Gasteiger partial charge in [0.2, 0.25) is 0 Å². The molecule has 2 aromatic heterocycles. The average Bonchev–Trinajstić information content (AvgIpc) is 2.99. The van der Waals surface area contributed by atoms with Gasteiger partial charge in [0.05, 0.1) is 27.0 Å². The van der Waals surface area contributed by atoms with Gasteiger partial charge in [-0.1, -0.05) is 6.08 Å². The minimum atomic E-state index is -4.71. The number of allylic oxidation sites excluding steroid dienone is 1. The van der Waals surface area contributed by atoms with Crippen LogP contribution in [-0.4, -0.2) is 44.6 Å². The minimum absolute atomic E-state index is 0.0302. The molecule has 3 heterocycles. The highest BCUT2D eigenvalue weighted by Gasteiger charge is 2.36. The summed E-state index contributed by atoms with van der Waals surface area (Å²) in [5.74, 6) is -0.267. The summed E-state index contributed by atoms with van der Waals surface area (Å²) in [5, 5.41) is 0. The number of sulfone groups is 2. The molecule has 12 heteroatoms. The summed E-state index contributed by atoms with van der Waals surface area (Å²) in [6, 6.07) is 1.16. The highest BCUT2D eigenvalue weighted by Crippen LogP contribution is 2.43. The second-order valence-electron chi connectivity index (χ2n) is 6.35. The van der Waals surface area contributed by atoms with Gasteiger partial charge in [0.1, 0.15) is 11.4 Å². The van der Waals surface area contributed by atoms with Gasteiger partial charge in [-0.2, -0.15) is 13.2 Å². The van der Waals surface area contributed by atoms with Crippen LogP contribution in [0.5, 0.6) is 0 Å². The lowest BCUT2D eigenvalue weighted by molar-refractivity contribution is -0.137. The summed E-state index contributed by atoms with van der Waals surface area (Å²) < 4.78 is 87.8. The molecule has 0 aliphatic carbocycles. The third-order valence-electron chi connectivity index (χ3n) is 4.10. The van der Waals surface area contributed by atoms with Gasteiger partial charge < -0.3 is 0 Å². The van der Waals surface area contributed by atoms with E-state index < -0.39 is 37.1 Å². The molecule has 0 fully saturated rings. The molecule has 0 bridgehead atoms. The van der Waals surface area contributed by atoms with E-state index in [9.17, 15) is 30.0 Å². The molecule has 0 saturated heterocycles. The highest BCUT2D eigenvalue weighted by atomic mass is 32.2. The number of halogens is 3. The Balaban J connectivity index is 2.23. The number of nitrogens with zero attached hydrogens (tertiary/aromatic N) is 2. The number of hydrogen-bond donors (Lipinski definition) is 0. The maximum Gasteiger partial charge on any atom is 0.420 e. The molecule has 0 N–H and O–H groups in total. The van der Waals surface area contributed by atoms with Gasteiger partial charge in [0, 0.05) is 17.3 Å². The maximum absolute atomic E-state index is 13.4. The maximum atomic E-state index is 13.4. The van der Waals surface area contributed by atoms with Gasteiger partial charge in [-0.05, 0) is 25.0 Å². The standard InChI is InChI=1S/C16H15F3N2O4S3/c1-9-20-8-11(16(17,18)19)14(21-9)12-7-13(27(2,22)23)15(26-12)10-3-5-28(24,25)6-4-10/h3,7-8H,4-6H2,1-2H3. The summed E-state index contributed by atoms with van der Waals surface area (Å²) >= 11 is 0.853. The number of alkyl halides is 3. The van der Waals surface area contributed by atoms with Crippen LogP contribution in [0.4, 0.5) is 13.2 Å². The Morgan fingerprint density at radius 1 is 1.25 bits per heavy atom. The Morgan fingerprint density at radius 3 is 2.46 bits per heavy atom. The zero-order chi connectivity index (χ0) is 20.9. The highest BCUT2D eigenvalue weighted by molar-refractivity contribution is 7.91. The second kappa shape index (κ2) is 6.92. The summed E-state index contributed by atoms with van der Waals surface area (Å²) in [6.45, 7) is 1.43. The van der Waals surface area contributed by atoms with Gasteiger partial charge >= 0.3 is 6.18 Å². The van der Waals surface area contributed by atoms with E-state index >= 15 is 0 Å². The van der Waals surface area contributed by atoms with Crippen LogP contribution in [-0.2, 0) is 25.9 Å². The van der Waals surface area contributed by atoms with Crippen LogP contribution in [0.2, 0.25) is 0 Å². The molecule has 1 aliphatic heterocycles. The molecule has 0 spiro atoms. The molecule has 2 aromatic rings. The van der Waals surface area contributed by atoms with Gasteiger partial charge in [-0.15, -0.1) is 11.3 Å². The van der Waals surface area contributed by atoms with E-state index in [-0.39, 0.29) is 38.4 Å². The summed E-state index contributed by atoms with van der Waals surface area (Å²) in [4.78, 5) is 7.62. The zero-order valence-electron chi connectivity index (χ0n) is 14.7. The Labute approximate surface area is 164 Å². The molecular formula is C16H15F3N2O4S3. The molecular weight excluding hydrogens is 437 g/mol. The van der Waals surface area contributed by atoms with Crippen molar-refractivity contribution in [2.24, 2.45) is 0 Å². The lowest BCUT2D eigenvalue weighted by Gasteiger charge is -2.13. The molecule has 3 rings (SSSR count). The second-order valence-corrected chi connectivity index (χ2v) is 11.6. The van der Waals surface area contributed by atoms with Gasteiger partial charge in [0.25, 0.3) is 0 Å². The molecule has 6 nitrogen and oxygen atoms in total. The number of aryl methyl sites for hydroxylation is 1. The van der Waals surface area contributed by atoms with Crippen molar-refractivity contribution in [3.05, 3.63) is 34.6 Å². The molecule has 1 aliphatic rings. The predicted molar refractivity (Wildman–Crippen MR) is 99.4 cm³/mol. The Hall–Kier alpha value is -1.79. The van der Waals surface area contributed by atoms with Crippen LogP contribution in [0, 0.1) is 6.92 Å². The molecule has 0 aromatic carbocycles. The Bertz CT molecular complexity index is 1180. The van der Waals surface area contributed by atoms with E-state index in [1.165, 1.54) is 13.0 Å². The van der Waals surface area contributed by atoms with Gasteiger partial charge in [-0.3, -0.25) is 0 Å². The van der Waals surface area contributed by atoms with Crippen LogP contribution in [0.1, 0.15) is 22.7 Å². The molecule has 0 unspecified atom stereocenters. The number of aromatic nitrogens is 2. The van der Waals surface area contributed by atoms with Crippen molar-refractivity contribution in [3.8, 4) is 10.6 Å².